The van der Waals surface area contributed by atoms with Gasteiger partial charge in [-0.25, -0.2) is 4.39 Å². The summed E-state index contributed by atoms with van der Waals surface area (Å²) in [6.45, 7) is 3.89. The summed E-state index contributed by atoms with van der Waals surface area (Å²) >= 11 is 5.88. The van der Waals surface area contributed by atoms with Crippen LogP contribution in [0.15, 0.2) is 53.5 Å². The zero-order chi connectivity index (χ0) is 22.5. The number of fused-ring (bicyclic) bond motifs is 1. The molecule has 8 heteroatoms. The normalized spacial score (nSPS) is 10.8. The van der Waals surface area contributed by atoms with Crippen molar-refractivity contribution >= 4 is 34.4 Å². The van der Waals surface area contributed by atoms with Gasteiger partial charge in [0.25, 0.3) is 5.91 Å². The van der Waals surface area contributed by atoms with Crippen molar-refractivity contribution in [3.63, 3.8) is 0 Å². The number of amides is 1. The minimum atomic E-state index is -0.744. The standard InChI is InChI=1S/C23H22ClFN2O4/c1-3-26-13-17(22(29)16-10-19(25)18(24)11-20(16)26)23(30)27(14-21(28)31-4-2)12-15-8-6-5-7-9-15/h5-11,13H,3-4,12,14H2,1-2H3. The minimum absolute atomic E-state index is 0.0467. The number of hydrogen-bond acceptors (Lipinski definition) is 4. The van der Waals surface area contributed by atoms with Crippen LogP contribution in [0.3, 0.4) is 0 Å². The van der Waals surface area contributed by atoms with Crippen LogP contribution in [0.5, 0.6) is 0 Å². The molecule has 0 saturated carbocycles. The molecule has 2 aromatic carbocycles. The topological polar surface area (TPSA) is 68.6 Å². The maximum absolute atomic E-state index is 14.1. The summed E-state index contributed by atoms with van der Waals surface area (Å²) in [6, 6.07) is 11.5. The molecule has 0 saturated heterocycles. The molecular formula is C23H22ClFN2O4. The molecule has 0 radical (unpaired) electrons. The Morgan fingerprint density at radius 1 is 1.16 bits per heavy atom. The molecule has 0 aliphatic rings. The fourth-order valence-corrected chi connectivity index (χ4v) is 3.49. The quantitative estimate of drug-likeness (QED) is 0.516. The summed E-state index contributed by atoms with van der Waals surface area (Å²) in [5, 5.41) is -0.0633. The Morgan fingerprint density at radius 3 is 2.52 bits per heavy atom. The lowest BCUT2D eigenvalue weighted by molar-refractivity contribution is -0.143. The van der Waals surface area contributed by atoms with Crippen molar-refractivity contribution in [2.45, 2.75) is 26.9 Å². The third kappa shape index (κ3) is 4.94. The number of nitrogens with zero attached hydrogens (tertiary/aromatic N) is 2. The van der Waals surface area contributed by atoms with Gasteiger partial charge in [0, 0.05) is 24.7 Å². The molecule has 0 fully saturated rings. The van der Waals surface area contributed by atoms with Gasteiger partial charge in [-0.15, -0.1) is 0 Å². The molecule has 3 aromatic rings. The smallest absolute Gasteiger partial charge is 0.325 e. The number of ether oxygens (including phenoxy) is 1. The average molecular weight is 445 g/mol. The van der Waals surface area contributed by atoms with Gasteiger partial charge in [0.05, 0.1) is 17.1 Å². The second-order valence-corrected chi connectivity index (χ2v) is 7.30. The number of esters is 1. The highest BCUT2D eigenvalue weighted by atomic mass is 35.5. The molecule has 0 unspecified atom stereocenters. The van der Waals surface area contributed by atoms with Crippen LogP contribution in [-0.2, 0) is 22.6 Å². The summed E-state index contributed by atoms with van der Waals surface area (Å²) in [5.41, 5.74) is 0.434. The third-order valence-electron chi connectivity index (χ3n) is 4.82. The lowest BCUT2D eigenvalue weighted by Gasteiger charge is -2.22. The predicted octanol–water partition coefficient (Wildman–Crippen LogP) is 4.02. The maximum Gasteiger partial charge on any atom is 0.325 e. The number of aromatic nitrogens is 1. The number of halogens is 2. The average Bonchev–Trinajstić information content (AvgIpc) is 2.75. The van der Waals surface area contributed by atoms with Crippen LogP contribution in [0, 0.1) is 5.82 Å². The predicted molar refractivity (Wildman–Crippen MR) is 117 cm³/mol. The van der Waals surface area contributed by atoms with Crippen molar-refractivity contribution in [1.29, 1.82) is 0 Å². The molecular weight excluding hydrogens is 423 g/mol. The Balaban J connectivity index is 2.09. The minimum Gasteiger partial charge on any atom is -0.465 e. The summed E-state index contributed by atoms with van der Waals surface area (Å²) in [5.74, 6) is -1.96. The number of benzene rings is 2. The number of carbonyl (C=O) groups excluding carboxylic acids is 2. The summed E-state index contributed by atoms with van der Waals surface area (Å²) in [6.07, 6.45) is 1.42. The van der Waals surface area contributed by atoms with Crippen LogP contribution >= 0.6 is 11.6 Å². The van der Waals surface area contributed by atoms with E-state index in [4.69, 9.17) is 16.3 Å². The van der Waals surface area contributed by atoms with E-state index in [0.29, 0.717) is 12.1 Å². The van der Waals surface area contributed by atoms with E-state index in [1.807, 2.05) is 37.3 Å². The Kier molecular flexibility index (Phi) is 7.07. The number of pyridine rings is 1. The van der Waals surface area contributed by atoms with Crippen LogP contribution in [-0.4, -0.2) is 34.5 Å². The van der Waals surface area contributed by atoms with E-state index in [0.717, 1.165) is 11.6 Å². The molecule has 0 atom stereocenters. The molecule has 1 amide bonds. The van der Waals surface area contributed by atoms with Gasteiger partial charge in [-0.05, 0) is 31.5 Å². The number of aryl methyl sites for hydroxylation is 1. The summed E-state index contributed by atoms with van der Waals surface area (Å²) in [7, 11) is 0. The lowest BCUT2D eigenvalue weighted by atomic mass is 10.1. The first-order valence-electron chi connectivity index (χ1n) is 9.86. The first-order chi connectivity index (χ1) is 14.8. The van der Waals surface area contributed by atoms with Crippen LogP contribution in [0.25, 0.3) is 10.9 Å². The Morgan fingerprint density at radius 2 is 1.87 bits per heavy atom. The molecule has 1 aromatic heterocycles. The van der Waals surface area contributed by atoms with Crippen LogP contribution < -0.4 is 5.43 Å². The molecule has 0 aliphatic heterocycles. The Bertz CT molecular complexity index is 1180. The van der Waals surface area contributed by atoms with Gasteiger partial charge < -0.3 is 14.2 Å². The SMILES string of the molecule is CCOC(=O)CN(Cc1ccccc1)C(=O)c1cn(CC)c2cc(Cl)c(F)cc2c1=O. The summed E-state index contributed by atoms with van der Waals surface area (Å²) < 4.78 is 20.7. The van der Waals surface area contributed by atoms with E-state index in [-0.39, 0.29) is 35.7 Å². The van der Waals surface area contributed by atoms with Crippen LogP contribution in [0.4, 0.5) is 4.39 Å². The van der Waals surface area contributed by atoms with Crippen molar-refractivity contribution in [2.24, 2.45) is 0 Å². The van der Waals surface area contributed by atoms with E-state index in [9.17, 15) is 18.8 Å². The zero-order valence-corrected chi connectivity index (χ0v) is 18.0. The maximum atomic E-state index is 14.1. The van der Waals surface area contributed by atoms with E-state index < -0.39 is 23.1 Å². The number of hydrogen-bond donors (Lipinski definition) is 0. The zero-order valence-electron chi connectivity index (χ0n) is 17.2. The third-order valence-corrected chi connectivity index (χ3v) is 5.11. The molecule has 0 N–H and O–H groups in total. The largest absolute Gasteiger partial charge is 0.465 e. The van der Waals surface area contributed by atoms with Crippen LogP contribution in [0.1, 0.15) is 29.8 Å². The number of carbonyl (C=O) groups is 2. The first kappa shape index (κ1) is 22.5. The second-order valence-electron chi connectivity index (χ2n) is 6.89. The first-order valence-corrected chi connectivity index (χ1v) is 10.2. The van der Waals surface area contributed by atoms with Crippen molar-refractivity contribution < 1.29 is 18.7 Å². The fourth-order valence-electron chi connectivity index (χ4n) is 3.34. The van der Waals surface area contributed by atoms with Crippen molar-refractivity contribution in [2.75, 3.05) is 13.2 Å². The highest BCUT2D eigenvalue weighted by molar-refractivity contribution is 6.31. The van der Waals surface area contributed by atoms with E-state index in [1.54, 1.807) is 11.5 Å². The van der Waals surface area contributed by atoms with Gasteiger partial charge in [-0.1, -0.05) is 41.9 Å². The fraction of sp³-hybridized carbons (Fsp3) is 0.261. The molecule has 3 rings (SSSR count). The van der Waals surface area contributed by atoms with Gasteiger partial charge in [0.2, 0.25) is 5.43 Å². The molecule has 0 spiro atoms. The molecule has 0 aliphatic carbocycles. The van der Waals surface area contributed by atoms with E-state index in [1.165, 1.54) is 17.2 Å². The highest BCUT2D eigenvalue weighted by Gasteiger charge is 2.24. The Labute approximate surface area is 183 Å². The summed E-state index contributed by atoms with van der Waals surface area (Å²) in [4.78, 5) is 39.8. The molecule has 1 heterocycles. The van der Waals surface area contributed by atoms with Crippen molar-refractivity contribution in [1.82, 2.24) is 9.47 Å². The molecule has 162 valence electrons. The van der Waals surface area contributed by atoms with Gasteiger partial charge in [-0.2, -0.15) is 0 Å². The van der Waals surface area contributed by atoms with Gasteiger partial charge in [-0.3, -0.25) is 14.4 Å². The van der Waals surface area contributed by atoms with Gasteiger partial charge in [0.15, 0.2) is 0 Å². The van der Waals surface area contributed by atoms with Gasteiger partial charge in [0.1, 0.15) is 17.9 Å². The highest BCUT2D eigenvalue weighted by Crippen LogP contribution is 2.22. The molecule has 31 heavy (non-hydrogen) atoms. The lowest BCUT2D eigenvalue weighted by Crippen LogP contribution is -2.38. The van der Waals surface area contributed by atoms with Crippen molar-refractivity contribution in [3.05, 3.63) is 80.9 Å². The molecule has 6 nitrogen and oxygen atoms in total. The van der Waals surface area contributed by atoms with Gasteiger partial charge >= 0.3 is 5.97 Å². The second kappa shape index (κ2) is 9.75. The van der Waals surface area contributed by atoms with E-state index in [2.05, 4.69) is 0 Å². The van der Waals surface area contributed by atoms with E-state index >= 15 is 0 Å². The van der Waals surface area contributed by atoms with Crippen LogP contribution in [0.2, 0.25) is 5.02 Å². The Hall–Kier alpha value is -3.19. The monoisotopic (exact) mass is 444 g/mol. The van der Waals surface area contributed by atoms with Crippen molar-refractivity contribution in [3.8, 4) is 0 Å². The number of rotatable bonds is 7. The molecule has 0 bridgehead atoms.